The molecule has 1 fully saturated rings. The third kappa shape index (κ3) is 5.35. The van der Waals surface area contributed by atoms with Gasteiger partial charge in [-0.3, -0.25) is 0 Å². The molecule has 2 nitrogen and oxygen atoms in total. The molecule has 0 bridgehead atoms. The molecule has 2 aromatic carbocycles. The van der Waals surface area contributed by atoms with Crippen molar-refractivity contribution in [2.45, 2.75) is 32.0 Å². The van der Waals surface area contributed by atoms with Gasteiger partial charge in [-0.2, -0.15) is 13.2 Å². The minimum Gasteiger partial charge on any atom is -0.373 e. The highest BCUT2D eigenvalue weighted by atomic mass is 19.4. The SMILES string of the molecule is CC1CCC(c2ccc(C#Cc3cc(F)c4c(F)c(C#CC(F)(F)F)c(F)cc4c3)nc2)OC1. The van der Waals surface area contributed by atoms with Gasteiger partial charge in [-0.25, -0.2) is 18.2 Å². The molecule has 1 aliphatic heterocycles. The molecule has 0 N–H and O–H groups in total. The highest BCUT2D eigenvalue weighted by Gasteiger charge is 2.24. The number of hydrogen-bond donors (Lipinski definition) is 0. The average Bonchev–Trinajstić information content (AvgIpc) is 2.77. The number of hydrogen-bond acceptors (Lipinski definition) is 2. The Morgan fingerprint density at radius 3 is 2.41 bits per heavy atom. The topological polar surface area (TPSA) is 22.1 Å². The van der Waals surface area contributed by atoms with Crippen LogP contribution in [0.25, 0.3) is 10.8 Å². The van der Waals surface area contributed by atoms with Gasteiger partial charge in [0.25, 0.3) is 0 Å². The third-order valence-corrected chi connectivity index (χ3v) is 5.41. The summed E-state index contributed by atoms with van der Waals surface area (Å²) >= 11 is 0. The number of pyridine rings is 1. The van der Waals surface area contributed by atoms with Crippen molar-refractivity contribution >= 4 is 10.8 Å². The van der Waals surface area contributed by atoms with Crippen LogP contribution in [0, 0.1) is 47.1 Å². The number of alkyl halides is 3. The number of halogens is 6. The normalized spacial score (nSPS) is 18.1. The lowest BCUT2D eigenvalue weighted by atomic mass is 9.97. The molecule has 4 rings (SSSR count). The van der Waals surface area contributed by atoms with Crippen molar-refractivity contribution in [3.8, 4) is 23.7 Å². The van der Waals surface area contributed by atoms with Gasteiger partial charge in [-0.1, -0.05) is 24.8 Å². The molecule has 1 aromatic heterocycles. The van der Waals surface area contributed by atoms with Crippen molar-refractivity contribution in [2.75, 3.05) is 6.61 Å². The van der Waals surface area contributed by atoms with Gasteiger partial charge in [0.1, 0.15) is 17.3 Å². The summed E-state index contributed by atoms with van der Waals surface area (Å²) in [6.45, 7) is 2.82. The zero-order chi connectivity index (χ0) is 24.5. The molecule has 34 heavy (non-hydrogen) atoms. The summed E-state index contributed by atoms with van der Waals surface area (Å²) < 4.78 is 86.0. The van der Waals surface area contributed by atoms with E-state index in [9.17, 15) is 26.3 Å². The lowest BCUT2D eigenvalue weighted by Crippen LogP contribution is -2.18. The van der Waals surface area contributed by atoms with Crippen molar-refractivity contribution in [3.05, 3.63) is 76.4 Å². The maximum Gasteiger partial charge on any atom is 0.458 e. The largest absolute Gasteiger partial charge is 0.458 e. The monoisotopic (exact) mass is 473 g/mol. The van der Waals surface area contributed by atoms with Crippen molar-refractivity contribution in [1.82, 2.24) is 4.98 Å². The van der Waals surface area contributed by atoms with E-state index >= 15 is 0 Å². The van der Waals surface area contributed by atoms with Crippen LogP contribution in [0.1, 0.15) is 48.3 Å². The number of nitrogens with zero attached hydrogens (tertiary/aromatic N) is 1. The average molecular weight is 473 g/mol. The van der Waals surface area contributed by atoms with E-state index < -0.39 is 34.6 Å². The Balaban J connectivity index is 1.61. The van der Waals surface area contributed by atoms with Crippen LogP contribution in [-0.2, 0) is 4.74 Å². The first-order valence-electron chi connectivity index (χ1n) is 10.4. The predicted molar refractivity (Wildman–Crippen MR) is 114 cm³/mol. The van der Waals surface area contributed by atoms with Gasteiger partial charge >= 0.3 is 6.18 Å². The van der Waals surface area contributed by atoms with Gasteiger partial charge in [0, 0.05) is 24.3 Å². The van der Waals surface area contributed by atoms with Crippen LogP contribution in [-0.4, -0.2) is 17.8 Å². The summed E-state index contributed by atoms with van der Waals surface area (Å²) in [6, 6.07) is 6.44. The first-order valence-corrected chi connectivity index (χ1v) is 10.4. The Bertz CT molecular complexity index is 1350. The first-order chi connectivity index (χ1) is 16.1. The van der Waals surface area contributed by atoms with Gasteiger partial charge in [0.15, 0.2) is 5.82 Å². The molecule has 0 amide bonds. The van der Waals surface area contributed by atoms with Crippen molar-refractivity contribution < 1.29 is 31.1 Å². The van der Waals surface area contributed by atoms with Crippen LogP contribution in [0.15, 0.2) is 36.5 Å². The second-order valence-electron chi connectivity index (χ2n) is 8.08. The molecular weight excluding hydrogens is 456 g/mol. The van der Waals surface area contributed by atoms with Crippen LogP contribution >= 0.6 is 0 Å². The molecule has 0 radical (unpaired) electrons. The van der Waals surface area contributed by atoms with E-state index in [1.165, 1.54) is 12.0 Å². The van der Waals surface area contributed by atoms with Gasteiger partial charge in [-0.05, 0) is 59.9 Å². The molecule has 8 heteroatoms. The summed E-state index contributed by atoms with van der Waals surface area (Å²) in [5, 5.41) is -0.855. The number of aromatic nitrogens is 1. The summed E-state index contributed by atoms with van der Waals surface area (Å²) in [5.41, 5.74) is 0.310. The van der Waals surface area contributed by atoms with Crippen LogP contribution in [0.3, 0.4) is 0 Å². The minimum atomic E-state index is -4.94. The molecule has 0 saturated carbocycles. The molecule has 0 spiro atoms. The second-order valence-corrected chi connectivity index (χ2v) is 8.08. The van der Waals surface area contributed by atoms with Crippen molar-refractivity contribution in [3.63, 3.8) is 0 Å². The van der Waals surface area contributed by atoms with Crippen LogP contribution in [0.5, 0.6) is 0 Å². The Morgan fingerprint density at radius 2 is 1.76 bits per heavy atom. The molecule has 1 saturated heterocycles. The standard InChI is InChI=1S/C26H17F6NO/c1-15-2-7-23(34-14-15)17-4-6-19(33-13-17)5-3-16-10-18-12-21(27)20(8-9-26(30,31)32)25(29)24(18)22(28)11-16/h4,6,10-13,15,23H,2,7,14H2,1H3. The van der Waals surface area contributed by atoms with Gasteiger partial charge in [-0.15, -0.1) is 0 Å². The fraction of sp³-hybridized carbons (Fsp3) is 0.269. The third-order valence-electron chi connectivity index (χ3n) is 5.41. The molecule has 2 atom stereocenters. The van der Waals surface area contributed by atoms with Crippen LogP contribution < -0.4 is 0 Å². The van der Waals surface area contributed by atoms with Crippen LogP contribution in [0.4, 0.5) is 26.3 Å². The van der Waals surface area contributed by atoms with Gasteiger partial charge < -0.3 is 4.74 Å². The number of rotatable bonds is 1. The summed E-state index contributed by atoms with van der Waals surface area (Å²) in [5.74, 6) is 4.24. The van der Waals surface area contributed by atoms with Crippen molar-refractivity contribution in [1.29, 1.82) is 0 Å². The Morgan fingerprint density at radius 1 is 0.971 bits per heavy atom. The fourth-order valence-electron chi connectivity index (χ4n) is 3.68. The number of ether oxygens (including phenoxy) is 1. The quantitative estimate of drug-likeness (QED) is 0.299. The van der Waals surface area contributed by atoms with E-state index in [4.69, 9.17) is 4.74 Å². The lowest BCUT2D eigenvalue weighted by Gasteiger charge is -2.26. The van der Waals surface area contributed by atoms with Gasteiger partial charge in [0.2, 0.25) is 0 Å². The zero-order valence-electron chi connectivity index (χ0n) is 17.9. The van der Waals surface area contributed by atoms with E-state index in [0.29, 0.717) is 18.2 Å². The summed E-state index contributed by atoms with van der Waals surface area (Å²) in [6.07, 6.45) is -1.33. The molecule has 2 heterocycles. The highest BCUT2D eigenvalue weighted by Crippen LogP contribution is 2.30. The minimum absolute atomic E-state index is 0.0178. The second kappa shape index (κ2) is 9.40. The number of fused-ring (bicyclic) bond motifs is 1. The van der Waals surface area contributed by atoms with E-state index in [1.54, 1.807) is 12.3 Å². The Hall–Kier alpha value is -3.49. The molecule has 2 unspecified atom stereocenters. The fourth-order valence-corrected chi connectivity index (χ4v) is 3.68. The highest BCUT2D eigenvalue weighted by molar-refractivity contribution is 5.87. The van der Waals surface area contributed by atoms with Gasteiger partial charge in [0.05, 0.1) is 17.1 Å². The van der Waals surface area contributed by atoms with E-state index in [0.717, 1.165) is 36.5 Å². The number of benzene rings is 2. The lowest BCUT2D eigenvalue weighted by molar-refractivity contribution is -0.0696. The smallest absolute Gasteiger partial charge is 0.373 e. The van der Waals surface area contributed by atoms with Crippen molar-refractivity contribution in [2.24, 2.45) is 5.92 Å². The molecule has 3 aromatic rings. The molecular formula is C26H17F6NO. The summed E-state index contributed by atoms with van der Waals surface area (Å²) in [4.78, 5) is 4.28. The predicted octanol–water partition coefficient (Wildman–Crippen LogP) is 6.45. The van der Waals surface area contributed by atoms with E-state index in [-0.39, 0.29) is 17.1 Å². The summed E-state index contributed by atoms with van der Waals surface area (Å²) in [7, 11) is 0. The molecule has 1 aliphatic rings. The van der Waals surface area contributed by atoms with E-state index in [1.807, 2.05) is 6.07 Å². The first kappa shape index (κ1) is 23.7. The van der Waals surface area contributed by atoms with Crippen LogP contribution in [0.2, 0.25) is 0 Å². The molecule has 174 valence electrons. The maximum absolute atomic E-state index is 14.6. The zero-order valence-corrected chi connectivity index (χ0v) is 17.9. The maximum atomic E-state index is 14.6. The Labute approximate surface area is 192 Å². The Kier molecular flexibility index (Phi) is 6.54. The molecule has 0 aliphatic carbocycles. The van der Waals surface area contributed by atoms with E-state index in [2.05, 4.69) is 23.7 Å².